The Balaban J connectivity index is 2.00. The van der Waals surface area contributed by atoms with Crippen LogP contribution in [-0.4, -0.2) is 46.3 Å². The summed E-state index contributed by atoms with van der Waals surface area (Å²) in [7, 11) is -4.36. The van der Waals surface area contributed by atoms with Gasteiger partial charge in [-0.05, 0) is 37.5 Å². The van der Waals surface area contributed by atoms with Crippen LogP contribution in [0.4, 0.5) is 13.2 Å². The topological polar surface area (TPSA) is 84.5 Å². The third-order valence-electron chi connectivity index (χ3n) is 3.63. The number of nitrogens with one attached hydrogen (secondary N) is 2. The fourth-order valence-corrected chi connectivity index (χ4v) is 3.40. The molecule has 0 radical (unpaired) electrons. The predicted octanol–water partition coefficient (Wildman–Crippen LogP) is 1.83. The van der Waals surface area contributed by atoms with Crippen LogP contribution in [0.5, 0.6) is 0 Å². The van der Waals surface area contributed by atoms with E-state index in [2.05, 4.69) is 5.32 Å². The molecule has 2 rings (SSSR count). The van der Waals surface area contributed by atoms with Crippen LogP contribution >= 0.6 is 0 Å². The van der Waals surface area contributed by atoms with E-state index < -0.39 is 33.5 Å². The number of ether oxygens (including phenoxy) is 1. The van der Waals surface area contributed by atoms with Crippen molar-refractivity contribution >= 4 is 15.9 Å². The van der Waals surface area contributed by atoms with Crippen molar-refractivity contribution in [3.05, 3.63) is 29.8 Å². The average Bonchev–Trinajstić information content (AvgIpc) is 2.58. The molecule has 25 heavy (non-hydrogen) atoms. The molecule has 1 heterocycles. The second kappa shape index (κ2) is 8.15. The Bertz CT molecular complexity index is 701. The van der Waals surface area contributed by atoms with Crippen LogP contribution in [0.1, 0.15) is 29.6 Å². The highest BCUT2D eigenvalue weighted by Crippen LogP contribution is 2.16. The molecular weight excluding hydrogens is 361 g/mol. The van der Waals surface area contributed by atoms with Gasteiger partial charge in [-0.25, -0.2) is 13.1 Å². The van der Waals surface area contributed by atoms with Gasteiger partial charge in [-0.2, -0.15) is 13.2 Å². The van der Waals surface area contributed by atoms with Crippen LogP contribution in [0.25, 0.3) is 0 Å². The molecule has 0 unspecified atom stereocenters. The van der Waals surface area contributed by atoms with Gasteiger partial charge in [-0.1, -0.05) is 6.07 Å². The van der Waals surface area contributed by atoms with Crippen LogP contribution in [0.15, 0.2) is 29.2 Å². The second-order valence-electron chi connectivity index (χ2n) is 5.67. The molecule has 6 nitrogen and oxygen atoms in total. The number of rotatable bonds is 6. The summed E-state index contributed by atoms with van der Waals surface area (Å²) in [5, 5.41) is 2.64. The summed E-state index contributed by atoms with van der Waals surface area (Å²) >= 11 is 0. The highest BCUT2D eigenvalue weighted by atomic mass is 32.2. The normalized spacial score (nSPS) is 18.8. The molecule has 1 aromatic carbocycles. The van der Waals surface area contributed by atoms with E-state index in [4.69, 9.17) is 4.74 Å². The van der Waals surface area contributed by atoms with Gasteiger partial charge >= 0.3 is 6.18 Å². The van der Waals surface area contributed by atoms with E-state index in [1.807, 2.05) is 0 Å². The lowest BCUT2D eigenvalue weighted by Gasteiger charge is -2.22. The number of carbonyl (C=O) groups is 1. The van der Waals surface area contributed by atoms with Gasteiger partial charge in [0.05, 0.1) is 11.0 Å². The first-order valence-electron chi connectivity index (χ1n) is 7.74. The predicted molar refractivity (Wildman–Crippen MR) is 83.6 cm³/mol. The number of hydrogen-bond acceptors (Lipinski definition) is 4. The van der Waals surface area contributed by atoms with Crippen LogP contribution < -0.4 is 10.0 Å². The van der Waals surface area contributed by atoms with E-state index in [-0.39, 0.29) is 11.7 Å². The van der Waals surface area contributed by atoms with Gasteiger partial charge in [-0.15, -0.1) is 0 Å². The third kappa shape index (κ3) is 6.29. The van der Waals surface area contributed by atoms with Crippen LogP contribution in [0, 0.1) is 0 Å². The molecular formula is C15H19F3N2O4S. The number of alkyl halides is 3. The number of amides is 1. The Morgan fingerprint density at radius 2 is 2.04 bits per heavy atom. The average molecular weight is 380 g/mol. The molecule has 1 aliphatic heterocycles. The zero-order valence-electron chi connectivity index (χ0n) is 13.3. The van der Waals surface area contributed by atoms with Crippen molar-refractivity contribution in [3.63, 3.8) is 0 Å². The third-order valence-corrected chi connectivity index (χ3v) is 5.03. The number of hydrogen-bond donors (Lipinski definition) is 2. The smallest absolute Gasteiger partial charge is 0.376 e. The Morgan fingerprint density at radius 3 is 2.68 bits per heavy atom. The molecule has 0 bridgehead atoms. The van der Waals surface area contributed by atoms with E-state index in [0.717, 1.165) is 31.4 Å². The van der Waals surface area contributed by atoms with Gasteiger partial charge in [0, 0.05) is 18.7 Å². The minimum absolute atomic E-state index is 0.0469. The number of carbonyl (C=O) groups excluding carboxylic acids is 1. The van der Waals surface area contributed by atoms with Crippen molar-refractivity contribution in [2.24, 2.45) is 0 Å². The summed E-state index contributed by atoms with van der Waals surface area (Å²) in [6.07, 6.45) is -1.93. The van der Waals surface area contributed by atoms with Crippen LogP contribution in [0.3, 0.4) is 0 Å². The Morgan fingerprint density at radius 1 is 1.28 bits per heavy atom. The lowest BCUT2D eigenvalue weighted by Crippen LogP contribution is -2.36. The van der Waals surface area contributed by atoms with E-state index in [1.54, 1.807) is 0 Å². The van der Waals surface area contributed by atoms with Crippen molar-refractivity contribution in [1.29, 1.82) is 0 Å². The molecule has 0 saturated carbocycles. The van der Waals surface area contributed by atoms with Crippen molar-refractivity contribution in [2.75, 3.05) is 19.7 Å². The fourth-order valence-electron chi connectivity index (χ4n) is 2.34. The maximum absolute atomic E-state index is 12.2. The summed E-state index contributed by atoms with van der Waals surface area (Å²) in [6.45, 7) is -0.744. The number of halogens is 3. The maximum atomic E-state index is 12.2. The molecule has 140 valence electrons. The number of sulfonamides is 1. The molecule has 1 amide bonds. The summed E-state index contributed by atoms with van der Waals surface area (Å²) in [5.41, 5.74) is 0.0469. The highest BCUT2D eigenvalue weighted by Gasteiger charge is 2.30. The van der Waals surface area contributed by atoms with Crippen LogP contribution in [0.2, 0.25) is 0 Å². The quantitative estimate of drug-likeness (QED) is 0.789. The van der Waals surface area contributed by atoms with Gasteiger partial charge in [0.2, 0.25) is 10.0 Å². The van der Waals surface area contributed by atoms with Crippen molar-refractivity contribution in [2.45, 2.75) is 36.4 Å². The summed E-state index contributed by atoms with van der Waals surface area (Å²) in [5.74, 6) is -0.512. The second-order valence-corrected chi connectivity index (χ2v) is 7.43. The lowest BCUT2D eigenvalue weighted by atomic mass is 10.1. The largest absolute Gasteiger partial charge is 0.402 e. The molecule has 1 fully saturated rings. The zero-order valence-corrected chi connectivity index (χ0v) is 14.1. The van der Waals surface area contributed by atoms with Crippen LogP contribution in [-0.2, 0) is 14.8 Å². The summed E-state index contributed by atoms with van der Waals surface area (Å²) < 4.78 is 67.3. The van der Waals surface area contributed by atoms with Crippen molar-refractivity contribution in [1.82, 2.24) is 10.0 Å². The van der Waals surface area contributed by atoms with Crippen molar-refractivity contribution in [3.8, 4) is 0 Å². The summed E-state index contributed by atoms with van der Waals surface area (Å²) in [4.78, 5) is 11.7. The minimum atomic E-state index is -4.66. The standard InChI is InChI=1S/C15H19F3N2O4S/c16-15(17,18)10-20-25(22,23)13-6-3-4-11(8-13)14(21)19-9-12-5-1-2-7-24-12/h3-4,6,8,12,20H,1-2,5,7,9-10H2,(H,19,21)/t12-/m0/s1. The SMILES string of the molecule is O=C(NC[C@@H]1CCCCO1)c1cccc(S(=O)(=O)NCC(F)(F)F)c1. The van der Waals surface area contributed by atoms with Gasteiger partial charge in [0.25, 0.3) is 5.91 Å². The molecule has 1 saturated heterocycles. The molecule has 0 aliphatic carbocycles. The van der Waals surface area contributed by atoms with E-state index in [9.17, 15) is 26.4 Å². The monoisotopic (exact) mass is 380 g/mol. The fraction of sp³-hybridized carbons (Fsp3) is 0.533. The first kappa shape index (κ1) is 19.7. The lowest BCUT2D eigenvalue weighted by molar-refractivity contribution is -0.121. The molecule has 10 heteroatoms. The Hall–Kier alpha value is -1.65. The Labute approximate surface area is 143 Å². The molecule has 1 aliphatic rings. The molecule has 0 spiro atoms. The van der Waals surface area contributed by atoms with Gasteiger partial charge in [0.1, 0.15) is 6.54 Å². The molecule has 1 aromatic rings. The number of benzene rings is 1. The molecule has 1 atom stereocenters. The van der Waals surface area contributed by atoms with E-state index >= 15 is 0 Å². The zero-order chi connectivity index (χ0) is 18.5. The van der Waals surface area contributed by atoms with E-state index in [1.165, 1.54) is 16.9 Å². The Kier molecular flexibility index (Phi) is 6.42. The maximum Gasteiger partial charge on any atom is 0.402 e. The first-order valence-corrected chi connectivity index (χ1v) is 9.22. The molecule has 2 N–H and O–H groups in total. The minimum Gasteiger partial charge on any atom is -0.376 e. The highest BCUT2D eigenvalue weighted by molar-refractivity contribution is 7.89. The van der Waals surface area contributed by atoms with Gasteiger partial charge in [-0.3, -0.25) is 4.79 Å². The van der Waals surface area contributed by atoms with Gasteiger partial charge < -0.3 is 10.1 Å². The van der Waals surface area contributed by atoms with E-state index in [0.29, 0.717) is 13.2 Å². The summed E-state index contributed by atoms with van der Waals surface area (Å²) in [6, 6.07) is 4.85. The molecule has 0 aromatic heterocycles. The first-order chi connectivity index (χ1) is 11.7. The van der Waals surface area contributed by atoms with Gasteiger partial charge in [0.15, 0.2) is 0 Å². The van der Waals surface area contributed by atoms with Crippen molar-refractivity contribution < 1.29 is 31.1 Å².